The summed E-state index contributed by atoms with van der Waals surface area (Å²) in [5, 5.41) is 16.4. The molecule has 1 aliphatic heterocycles. The van der Waals surface area contributed by atoms with E-state index in [1.54, 1.807) is 0 Å². The number of rotatable bonds is 7. The standard InChI is InChI=1S/C29H30BrF3N4O4/c30-21-3-1-20-16-24(7-2-19(20)15-21)35-11-13-36(14-12-35)28(38)18-41-25-8-4-22(5-9-25)34-23-6-10-27(37(39)40)26(17-23)29(31,32)33/h1-3,6-7,10,15-17,22,25,34H,4-5,8-9,11-14,18H2. The van der Waals surface area contributed by atoms with Gasteiger partial charge in [0.15, 0.2) is 0 Å². The summed E-state index contributed by atoms with van der Waals surface area (Å²) < 4.78 is 46.8. The number of nitrogens with zero attached hydrogens (tertiary/aromatic N) is 3. The molecule has 5 rings (SSSR count). The molecule has 3 aromatic rings. The molecule has 12 heteroatoms. The first-order valence-corrected chi connectivity index (χ1v) is 14.3. The van der Waals surface area contributed by atoms with Crippen LogP contribution in [0.3, 0.4) is 0 Å². The van der Waals surface area contributed by atoms with E-state index in [0.717, 1.165) is 35.4 Å². The van der Waals surface area contributed by atoms with Crippen molar-refractivity contribution < 1.29 is 27.6 Å². The van der Waals surface area contributed by atoms with Crippen LogP contribution in [0.25, 0.3) is 10.8 Å². The van der Waals surface area contributed by atoms with Gasteiger partial charge in [-0.3, -0.25) is 14.9 Å². The van der Waals surface area contributed by atoms with Gasteiger partial charge in [0.05, 0.1) is 11.0 Å². The summed E-state index contributed by atoms with van der Waals surface area (Å²) in [5.74, 6) is -0.0428. The van der Waals surface area contributed by atoms with Gasteiger partial charge in [-0.2, -0.15) is 13.2 Å². The van der Waals surface area contributed by atoms with Gasteiger partial charge >= 0.3 is 6.18 Å². The minimum Gasteiger partial charge on any atom is -0.382 e. The molecule has 2 aliphatic rings. The van der Waals surface area contributed by atoms with E-state index in [2.05, 4.69) is 56.5 Å². The third-order valence-corrected chi connectivity index (χ3v) is 8.26. The van der Waals surface area contributed by atoms with Crippen molar-refractivity contribution in [2.45, 2.75) is 44.0 Å². The Bertz CT molecular complexity index is 1420. The second-order valence-corrected chi connectivity index (χ2v) is 11.4. The molecule has 1 heterocycles. The van der Waals surface area contributed by atoms with Gasteiger partial charge in [-0.15, -0.1) is 0 Å². The van der Waals surface area contributed by atoms with E-state index >= 15 is 0 Å². The van der Waals surface area contributed by atoms with Crippen molar-refractivity contribution in [2.24, 2.45) is 0 Å². The molecule has 0 unspecified atom stereocenters. The topological polar surface area (TPSA) is 87.9 Å². The number of piperazine rings is 1. The van der Waals surface area contributed by atoms with Crippen LogP contribution in [0.2, 0.25) is 0 Å². The maximum Gasteiger partial charge on any atom is 0.423 e. The predicted molar refractivity (Wildman–Crippen MR) is 154 cm³/mol. The Kier molecular flexibility index (Phi) is 8.69. The van der Waals surface area contributed by atoms with E-state index in [0.29, 0.717) is 38.8 Å². The number of amides is 1. The lowest BCUT2D eigenvalue weighted by Crippen LogP contribution is -2.50. The van der Waals surface area contributed by atoms with Crippen LogP contribution < -0.4 is 10.2 Å². The van der Waals surface area contributed by atoms with Gasteiger partial charge in [-0.05, 0) is 72.9 Å². The maximum absolute atomic E-state index is 13.3. The first-order chi connectivity index (χ1) is 19.6. The summed E-state index contributed by atoms with van der Waals surface area (Å²) >= 11 is 3.50. The molecule has 1 saturated carbocycles. The number of carbonyl (C=O) groups is 1. The number of hydrogen-bond acceptors (Lipinski definition) is 6. The smallest absolute Gasteiger partial charge is 0.382 e. The van der Waals surface area contributed by atoms with E-state index in [1.807, 2.05) is 11.0 Å². The summed E-state index contributed by atoms with van der Waals surface area (Å²) in [6.45, 7) is 2.72. The van der Waals surface area contributed by atoms with E-state index in [4.69, 9.17) is 4.74 Å². The molecular formula is C29H30BrF3N4O4. The first kappa shape index (κ1) is 29.1. The fourth-order valence-electron chi connectivity index (χ4n) is 5.52. The number of nitrogens with one attached hydrogen (secondary N) is 1. The highest BCUT2D eigenvalue weighted by molar-refractivity contribution is 9.10. The molecule has 1 N–H and O–H groups in total. The van der Waals surface area contributed by atoms with Crippen LogP contribution in [0, 0.1) is 10.1 Å². The Morgan fingerprint density at radius 2 is 1.66 bits per heavy atom. The van der Waals surface area contributed by atoms with Crippen LogP contribution in [0.15, 0.2) is 59.1 Å². The van der Waals surface area contributed by atoms with Crippen LogP contribution in [0.1, 0.15) is 31.2 Å². The normalized spacial score (nSPS) is 19.8. The number of fused-ring (bicyclic) bond motifs is 1. The largest absolute Gasteiger partial charge is 0.423 e. The van der Waals surface area contributed by atoms with Gasteiger partial charge in [-0.1, -0.05) is 28.1 Å². The molecule has 0 radical (unpaired) electrons. The lowest BCUT2D eigenvalue weighted by Gasteiger charge is -2.36. The number of hydrogen-bond donors (Lipinski definition) is 1. The molecule has 41 heavy (non-hydrogen) atoms. The first-order valence-electron chi connectivity index (χ1n) is 13.5. The Labute approximate surface area is 243 Å². The summed E-state index contributed by atoms with van der Waals surface area (Å²) in [7, 11) is 0. The quantitative estimate of drug-likeness (QED) is 0.232. The zero-order valence-corrected chi connectivity index (χ0v) is 23.8. The average Bonchev–Trinajstić information content (AvgIpc) is 2.96. The van der Waals surface area contributed by atoms with Crippen molar-refractivity contribution >= 4 is 49.7 Å². The SMILES string of the molecule is O=C(COC1CCC(Nc2ccc([N+](=O)[O-])c(C(F)(F)F)c2)CC1)N1CCN(c2ccc3cc(Br)ccc3c2)CC1. The predicted octanol–water partition coefficient (Wildman–Crippen LogP) is 6.62. The molecule has 0 bridgehead atoms. The van der Waals surface area contributed by atoms with Gasteiger partial charge in [0.2, 0.25) is 5.91 Å². The second kappa shape index (κ2) is 12.2. The van der Waals surface area contributed by atoms with Crippen molar-refractivity contribution in [3.8, 4) is 0 Å². The number of benzene rings is 3. The molecular weight excluding hydrogens is 605 g/mol. The van der Waals surface area contributed by atoms with Crippen molar-refractivity contribution in [1.82, 2.24) is 4.90 Å². The third-order valence-electron chi connectivity index (χ3n) is 7.77. The van der Waals surface area contributed by atoms with Crippen LogP contribution in [-0.4, -0.2) is 60.7 Å². The molecule has 218 valence electrons. The summed E-state index contributed by atoms with van der Waals surface area (Å²) in [6.07, 6.45) is -2.29. The molecule has 0 aromatic heterocycles. The molecule has 0 spiro atoms. The summed E-state index contributed by atoms with van der Waals surface area (Å²) in [4.78, 5) is 26.9. The van der Waals surface area contributed by atoms with Crippen LogP contribution in [0.4, 0.5) is 30.2 Å². The fraction of sp³-hybridized carbons (Fsp3) is 0.414. The van der Waals surface area contributed by atoms with Crippen LogP contribution >= 0.6 is 15.9 Å². The molecule has 1 amide bonds. The Balaban J connectivity index is 1.05. The highest BCUT2D eigenvalue weighted by Crippen LogP contribution is 2.38. The van der Waals surface area contributed by atoms with Gasteiger partial charge in [0.1, 0.15) is 12.2 Å². The number of anilines is 2. The van der Waals surface area contributed by atoms with Gasteiger partial charge in [0, 0.05) is 54.1 Å². The Morgan fingerprint density at radius 3 is 2.34 bits per heavy atom. The van der Waals surface area contributed by atoms with Crippen molar-refractivity contribution in [3.63, 3.8) is 0 Å². The second-order valence-electron chi connectivity index (χ2n) is 10.5. The number of carbonyl (C=O) groups excluding carboxylic acids is 1. The fourth-order valence-corrected chi connectivity index (χ4v) is 5.90. The molecule has 3 aromatic carbocycles. The number of nitro groups is 1. The van der Waals surface area contributed by atoms with E-state index in [-0.39, 0.29) is 30.3 Å². The zero-order valence-electron chi connectivity index (χ0n) is 22.2. The number of alkyl halides is 3. The van der Waals surface area contributed by atoms with Crippen molar-refractivity contribution in [3.05, 3.63) is 74.7 Å². The number of halogens is 4. The monoisotopic (exact) mass is 634 g/mol. The average molecular weight is 635 g/mol. The molecule has 8 nitrogen and oxygen atoms in total. The third kappa shape index (κ3) is 7.10. The Hall–Kier alpha value is -3.38. The van der Waals surface area contributed by atoms with Gasteiger partial charge in [0.25, 0.3) is 5.69 Å². The van der Waals surface area contributed by atoms with E-state index < -0.39 is 22.4 Å². The lowest BCUT2D eigenvalue weighted by atomic mass is 9.92. The highest BCUT2D eigenvalue weighted by atomic mass is 79.9. The van der Waals surface area contributed by atoms with Crippen LogP contribution in [-0.2, 0) is 15.7 Å². The highest BCUT2D eigenvalue weighted by Gasteiger charge is 2.38. The van der Waals surface area contributed by atoms with E-state index in [1.165, 1.54) is 16.8 Å². The van der Waals surface area contributed by atoms with Gasteiger partial charge in [-0.25, -0.2) is 0 Å². The molecule has 1 saturated heterocycles. The maximum atomic E-state index is 13.3. The van der Waals surface area contributed by atoms with E-state index in [9.17, 15) is 28.1 Å². The zero-order chi connectivity index (χ0) is 29.1. The van der Waals surface area contributed by atoms with Crippen LogP contribution in [0.5, 0.6) is 0 Å². The van der Waals surface area contributed by atoms with Crippen molar-refractivity contribution in [2.75, 3.05) is 43.0 Å². The van der Waals surface area contributed by atoms with Crippen molar-refractivity contribution in [1.29, 1.82) is 0 Å². The molecule has 1 aliphatic carbocycles. The number of nitro benzene ring substituents is 1. The Morgan fingerprint density at radius 1 is 0.976 bits per heavy atom. The number of ether oxygens (including phenoxy) is 1. The lowest BCUT2D eigenvalue weighted by molar-refractivity contribution is -0.388. The summed E-state index contributed by atoms with van der Waals surface area (Å²) in [6, 6.07) is 15.5. The minimum absolute atomic E-state index is 0.00487. The molecule has 0 atom stereocenters. The summed E-state index contributed by atoms with van der Waals surface area (Å²) in [5.41, 5.74) is -0.904. The molecule has 2 fully saturated rings. The minimum atomic E-state index is -4.82. The van der Waals surface area contributed by atoms with Gasteiger partial charge < -0.3 is 19.9 Å².